The van der Waals surface area contributed by atoms with Crippen molar-refractivity contribution in [1.82, 2.24) is 10.3 Å². The number of ketones is 1. The summed E-state index contributed by atoms with van der Waals surface area (Å²) in [7, 11) is 6.71. The SMILES string of the molecule is CC[C@H]1OC(=O)[C@H](C)C(=O)[C@H](C)[C@@H](OC2OC(C)CC(N(C)C)C2O)[C@](C)(OC)C[C@@H](C)/C(=N\NC(=O)c2ccc(OC)cc2)[C@H](C)[C@@H](O)[C@]1(C)O. The molecule has 3 rings (SSSR count). The van der Waals surface area contributed by atoms with Gasteiger partial charge in [-0.2, -0.15) is 5.10 Å². The van der Waals surface area contributed by atoms with Crippen LogP contribution in [0, 0.1) is 23.7 Å². The van der Waals surface area contributed by atoms with Crippen molar-refractivity contribution >= 4 is 23.4 Å². The summed E-state index contributed by atoms with van der Waals surface area (Å²) in [5, 5.41) is 39.4. The van der Waals surface area contributed by atoms with Gasteiger partial charge in [-0.1, -0.05) is 27.7 Å². The largest absolute Gasteiger partial charge is 0.497 e. The molecule has 0 spiro atoms. The molecule has 4 unspecified atom stereocenters. The van der Waals surface area contributed by atoms with Crippen LogP contribution in [0.1, 0.15) is 85.0 Å². The summed E-state index contributed by atoms with van der Waals surface area (Å²) < 4.78 is 29.8. The lowest BCUT2D eigenvalue weighted by Crippen LogP contribution is -2.60. The van der Waals surface area contributed by atoms with Crippen LogP contribution in [0.3, 0.4) is 0 Å². The Hall–Kier alpha value is -2.98. The van der Waals surface area contributed by atoms with Crippen molar-refractivity contribution in [2.45, 2.75) is 129 Å². The van der Waals surface area contributed by atoms with Crippen LogP contribution in [0.4, 0.5) is 0 Å². The first kappa shape index (κ1) is 43.4. The van der Waals surface area contributed by atoms with Gasteiger partial charge in [0.25, 0.3) is 5.91 Å². The van der Waals surface area contributed by atoms with Crippen molar-refractivity contribution < 1.29 is 53.4 Å². The van der Waals surface area contributed by atoms with Gasteiger partial charge in [-0.05, 0) is 91.2 Å². The number of benzene rings is 1. The second-order valence-electron chi connectivity index (χ2n) is 15.2. The Morgan fingerprint density at radius 1 is 1.04 bits per heavy atom. The number of methoxy groups -OCH3 is 2. The number of aliphatic hydroxyl groups is 3. The summed E-state index contributed by atoms with van der Waals surface area (Å²) in [6, 6.07) is 6.16. The minimum Gasteiger partial charge on any atom is -0.497 e. The molecule has 14 heteroatoms. The lowest BCUT2D eigenvalue weighted by molar-refractivity contribution is -0.295. The molecule has 2 fully saturated rings. The van der Waals surface area contributed by atoms with Gasteiger partial charge in [-0.25, -0.2) is 5.43 Å². The Labute approximate surface area is 308 Å². The van der Waals surface area contributed by atoms with Gasteiger partial charge in [0.2, 0.25) is 0 Å². The molecule has 2 aliphatic heterocycles. The van der Waals surface area contributed by atoms with Crippen LogP contribution in [0.25, 0.3) is 0 Å². The summed E-state index contributed by atoms with van der Waals surface area (Å²) in [4.78, 5) is 42.8. The fraction of sp³-hybridized carbons (Fsp3) is 0.737. The molecular formula is C38H61N3O11. The second kappa shape index (κ2) is 17.9. The van der Waals surface area contributed by atoms with Crippen LogP contribution in [0.5, 0.6) is 5.75 Å². The Kier molecular flexibility index (Phi) is 14.9. The highest BCUT2D eigenvalue weighted by Crippen LogP contribution is 2.38. The number of amides is 1. The summed E-state index contributed by atoms with van der Waals surface area (Å²) in [6.07, 6.45) is -5.47. The fourth-order valence-corrected chi connectivity index (χ4v) is 7.58. The standard InChI is InChI=1S/C38H61N3O11/c1-13-28-38(8,47)32(44)22(4)29(39-40-34(45)25-14-16-26(48-11)17-15-25)20(2)19-37(7,49-12)33(23(5)30(42)24(6)35(46)51-28)52-36-31(43)27(41(9)10)18-21(3)50-36/h14-17,20-24,27-28,31-33,36,43-44,47H,13,18-19H2,1-12H3,(H,40,45)/b39-29+/t20-,21?,22+,23+,24-,27?,28-,31?,32-,33-,36?,37-,38-/m1/s1. The van der Waals surface area contributed by atoms with Gasteiger partial charge in [0.1, 0.15) is 29.5 Å². The van der Waals surface area contributed by atoms with E-state index >= 15 is 0 Å². The highest BCUT2D eigenvalue weighted by molar-refractivity contribution is 6.00. The van der Waals surface area contributed by atoms with E-state index in [1.54, 1.807) is 52.0 Å². The number of esters is 1. The molecule has 1 amide bonds. The minimum absolute atomic E-state index is 0.130. The molecule has 0 radical (unpaired) electrons. The number of nitrogens with zero attached hydrogens (tertiary/aromatic N) is 2. The lowest BCUT2D eigenvalue weighted by Gasteiger charge is -2.47. The number of Topliss-reactive ketones (excluding diaryl/α,β-unsaturated/α-hetero) is 1. The van der Waals surface area contributed by atoms with E-state index in [9.17, 15) is 29.7 Å². The Bertz CT molecular complexity index is 1400. The van der Waals surface area contributed by atoms with Crippen molar-refractivity contribution in [3.63, 3.8) is 0 Å². The maximum Gasteiger partial charge on any atom is 0.316 e. The third kappa shape index (κ3) is 9.57. The number of rotatable bonds is 8. The maximum absolute atomic E-state index is 14.1. The van der Waals surface area contributed by atoms with E-state index in [2.05, 4.69) is 10.5 Å². The first-order valence-corrected chi connectivity index (χ1v) is 18.1. The zero-order valence-corrected chi connectivity index (χ0v) is 32.8. The van der Waals surface area contributed by atoms with Gasteiger partial charge < -0.3 is 43.9 Å². The summed E-state index contributed by atoms with van der Waals surface area (Å²) in [6.45, 7) is 13.3. The molecule has 4 N–H and O–H groups in total. The zero-order chi connectivity index (χ0) is 39.3. The molecule has 14 nitrogen and oxygen atoms in total. The van der Waals surface area contributed by atoms with E-state index in [0.717, 1.165) is 0 Å². The van der Waals surface area contributed by atoms with Gasteiger partial charge in [0.05, 0.1) is 31.0 Å². The summed E-state index contributed by atoms with van der Waals surface area (Å²) >= 11 is 0. The molecule has 0 saturated carbocycles. The van der Waals surface area contributed by atoms with Crippen molar-refractivity contribution in [2.75, 3.05) is 28.3 Å². The van der Waals surface area contributed by atoms with Crippen LogP contribution >= 0.6 is 0 Å². The van der Waals surface area contributed by atoms with Crippen molar-refractivity contribution in [1.29, 1.82) is 0 Å². The van der Waals surface area contributed by atoms with E-state index in [1.165, 1.54) is 28.1 Å². The van der Waals surface area contributed by atoms with E-state index in [1.807, 2.05) is 32.8 Å². The molecule has 294 valence electrons. The number of hydrogen-bond donors (Lipinski definition) is 4. The first-order chi connectivity index (χ1) is 24.2. The average Bonchev–Trinajstić information content (AvgIpc) is 3.11. The van der Waals surface area contributed by atoms with Gasteiger partial charge >= 0.3 is 5.97 Å². The predicted octanol–water partition coefficient (Wildman–Crippen LogP) is 2.95. The van der Waals surface area contributed by atoms with Crippen molar-refractivity contribution in [2.24, 2.45) is 28.8 Å². The number of nitrogens with one attached hydrogen (secondary N) is 1. The number of likely N-dealkylation sites (N-methyl/N-ethyl adjacent to an activating group) is 1. The fourth-order valence-electron chi connectivity index (χ4n) is 7.58. The first-order valence-electron chi connectivity index (χ1n) is 18.1. The molecule has 0 aliphatic carbocycles. The molecule has 2 aliphatic rings. The Balaban J connectivity index is 2.17. The lowest BCUT2D eigenvalue weighted by atomic mass is 9.74. The quantitative estimate of drug-likeness (QED) is 0.174. The number of ether oxygens (including phenoxy) is 5. The number of hydrazone groups is 1. The second-order valence-corrected chi connectivity index (χ2v) is 15.2. The number of carbonyl (C=O) groups excluding carboxylic acids is 3. The smallest absolute Gasteiger partial charge is 0.316 e. The highest BCUT2D eigenvalue weighted by atomic mass is 16.7. The molecule has 2 heterocycles. The van der Waals surface area contributed by atoms with E-state index in [-0.39, 0.29) is 25.0 Å². The van der Waals surface area contributed by atoms with Gasteiger partial charge in [-0.3, -0.25) is 14.4 Å². The van der Waals surface area contributed by atoms with Gasteiger partial charge in [0.15, 0.2) is 12.1 Å². The third-order valence-corrected chi connectivity index (χ3v) is 11.0. The predicted molar refractivity (Wildman–Crippen MR) is 194 cm³/mol. The number of aliphatic hydroxyl groups excluding tert-OH is 2. The van der Waals surface area contributed by atoms with Gasteiger partial charge in [0, 0.05) is 36.3 Å². The maximum atomic E-state index is 14.1. The van der Waals surface area contributed by atoms with E-state index in [4.69, 9.17) is 23.7 Å². The van der Waals surface area contributed by atoms with E-state index in [0.29, 0.717) is 23.4 Å². The van der Waals surface area contributed by atoms with Crippen LogP contribution < -0.4 is 10.2 Å². The summed E-state index contributed by atoms with van der Waals surface area (Å²) in [5.41, 5.74) is -0.0601. The Morgan fingerprint density at radius 2 is 1.65 bits per heavy atom. The normalized spacial score (nSPS) is 39.2. The van der Waals surface area contributed by atoms with Crippen LogP contribution in [-0.4, -0.2) is 126 Å². The van der Waals surface area contributed by atoms with Crippen molar-refractivity contribution in [3.05, 3.63) is 29.8 Å². The molecule has 52 heavy (non-hydrogen) atoms. The zero-order valence-electron chi connectivity index (χ0n) is 32.8. The monoisotopic (exact) mass is 735 g/mol. The minimum atomic E-state index is -1.98. The number of hydrogen-bond acceptors (Lipinski definition) is 13. The molecule has 0 aromatic heterocycles. The molecule has 13 atom stereocenters. The highest BCUT2D eigenvalue weighted by Gasteiger charge is 2.51. The number of cyclic esters (lactones) is 1. The number of carbonyl (C=O) groups is 3. The van der Waals surface area contributed by atoms with E-state index < -0.39 is 83.2 Å². The molecular weight excluding hydrogens is 674 g/mol. The molecule has 1 aromatic carbocycles. The van der Waals surface area contributed by atoms with Crippen LogP contribution in [0.15, 0.2) is 29.4 Å². The third-order valence-electron chi connectivity index (χ3n) is 11.0. The van der Waals surface area contributed by atoms with Crippen molar-refractivity contribution in [3.8, 4) is 5.75 Å². The Morgan fingerprint density at radius 3 is 2.19 bits per heavy atom. The molecule has 1 aromatic rings. The summed E-state index contributed by atoms with van der Waals surface area (Å²) in [5.74, 6) is -5.03. The molecule has 0 bridgehead atoms. The van der Waals surface area contributed by atoms with Gasteiger partial charge in [-0.15, -0.1) is 0 Å². The molecule has 2 saturated heterocycles. The average molecular weight is 736 g/mol. The topological polar surface area (TPSA) is 186 Å². The van der Waals surface area contributed by atoms with Crippen LogP contribution in [0.2, 0.25) is 0 Å². The van der Waals surface area contributed by atoms with Crippen LogP contribution in [-0.2, 0) is 28.5 Å².